The Labute approximate surface area is 107 Å². The SMILES string of the molecule is CC[C@H](NC(=O)Cn1ccnc1C)C1CC(O)C1. The fourth-order valence-corrected chi connectivity index (χ4v) is 2.49. The van der Waals surface area contributed by atoms with Crippen LogP contribution in [0.1, 0.15) is 32.0 Å². The number of carbonyl (C=O) groups excluding carboxylic acids is 1. The zero-order valence-electron chi connectivity index (χ0n) is 11.0. The lowest BCUT2D eigenvalue weighted by Gasteiger charge is -2.37. The van der Waals surface area contributed by atoms with Crippen molar-refractivity contribution in [1.82, 2.24) is 14.9 Å². The summed E-state index contributed by atoms with van der Waals surface area (Å²) >= 11 is 0. The number of imidazole rings is 1. The van der Waals surface area contributed by atoms with Gasteiger partial charge in [-0.2, -0.15) is 0 Å². The van der Waals surface area contributed by atoms with Gasteiger partial charge in [0, 0.05) is 18.4 Å². The van der Waals surface area contributed by atoms with Crippen LogP contribution in [0, 0.1) is 12.8 Å². The monoisotopic (exact) mass is 251 g/mol. The van der Waals surface area contributed by atoms with Gasteiger partial charge in [-0.3, -0.25) is 4.79 Å². The smallest absolute Gasteiger partial charge is 0.240 e. The number of aliphatic hydroxyl groups is 1. The fourth-order valence-electron chi connectivity index (χ4n) is 2.49. The molecule has 1 atom stereocenters. The highest BCUT2D eigenvalue weighted by Crippen LogP contribution is 2.31. The summed E-state index contributed by atoms with van der Waals surface area (Å²) in [6.07, 6.45) is 5.86. The molecular formula is C13H21N3O2. The number of hydrogen-bond donors (Lipinski definition) is 2. The third kappa shape index (κ3) is 2.90. The molecule has 1 aromatic rings. The number of aromatic nitrogens is 2. The Morgan fingerprint density at radius 2 is 2.39 bits per heavy atom. The van der Waals surface area contributed by atoms with E-state index in [4.69, 9.17) is 0 Å². The standard InChI is InChI=1S/C13H21N3O2/c1-3-12(10-6-11(17)7-10)15-13(18)8-16-5-4-14-9(16)2/h4-5,10-12,17H,3,6-8H2,1-2H3,(H,15,18)/t10?,11?,12-/m0/s1. The normalized spacial score (nSPS) is 24.4. The molecule has 100 valence electrons. The van der Waals surface area contributed by atoms with Gasteiger partial charge in [0.05, 0.1) is 6.10 Å². The summed E-state index contributed by atoms with van der Waals surface area (Å²) in [5.74, 6) is 1.29. The number of amides is 1. The molecule has 0 radical (unpaired) electrons. The van der Waals surface area contributed by atoms with Crippen LogP contribution in [0.4, 0.5) is 0 Å². The second kappa shape index (κ2) is 5.52. The average Bonchev–Trinajstić information content (AvgIpc) is 2.68. The van der Waals surface area contributed by atoms with E-state index in [9.17, 15) is 9.90 Å². The third-order valence-electron chi connectivity index (χ3n) is 3.74. The predicted molar refractivity (Wildman–Crippen MR) is 67.9 cm³/mol. The Bertz CT molecular complexity index is 410. The molecule has 1 saturated carbocycles. The first-order valence-corrected chi connectivity index (χ1v) is 6.55. The molecule has 1 aliphatic rings. The molecule has 5 nitrogen and oxygen atoms in total. The Morgan fingerprint density at radius 1 is 1.67 bits per heavy atom. The fraction of sp³-hybridized carbons (Fsp3) is 0.692. The van der Waals surface area contributed by atoms with E-state index in [2.05, 4.69) is 17.2 Å². The molecule has 5 heteroatoms. The van der Waals surface area contributed by atoms with Crippen LogP contribution in [0.2, 0.25) is 0 Å². The Hall–Kier alpha value is -1.36. The Kier molecular flexibility index (Phi) is 4.01. The molecule has 1 aliphatic carbocycles. The summed E-state index contributed by atoms with van der Waals surface area (Å²) in [6, 6.07) is 0.185. The van der Waals surface area contributed by atoms with Crippen molar-refractivity contribution in [3.8, 4) is 0 Å². The van der Waals surface area contributed by atoms with Crippen molar-refractivity contribution in [2.45, 2.75) is 51.8 Å². The van der Waals surface area contributed by atoms with Crippen LogP contribution >= 0.6 is 0 Å². The number of aryl methyl sites for hydroxylation is 1. The van der Waals surface area contributed by atoms with Crippen LogP contribution in [-0.2, 0) is 11.3 Å². The van der Waals surface area contributed by atoms with Crippen molar-refractivity contribution in [1.29, 1.82) is 0 Å². The van der Waals surface area contributed by atoms with Crippen LogP contribution in [0.25, 0.3) is 0 Å². The molecule has 0 saturated heterocycles. The maximum absolute atomic E-state index is 11.9. The van der Waals surface area contributed by atoms with Crippen molar-refractivity contribution < 1.29 is 9.90 Å². The minimum atomic E-state index is -0.170. The van der Waals surface area contributed by atoms with Crippen LogP contribution in [0.5, 0.6) is 0 Å². The second-order valence-corrected chi connectivity index (χ2v) is 5.07. The molecular weight excluding hydrogens is 230 g/mol. The van der Waals surface area contributed by atoms with Crippen molar-refractivity contribution in [2.75, 3.05) is 0 Å². The van der Waals surface area contributed by atoms with Gasteiger partial charge in [0.1, 0.15) is 12.4 Å². The van der Waals surface area contributed by atoms with Gasteiger partial charge in [-0.1, -0.05) is 6.92 Å². The molecule has 0 spiro atoms. The van der Waals surface area contributed by atoms with Crippen LogP contribution in [0.3, 0.4) is 0 Å². The third-order valence-corrected chi connectivity index (χ3v) is 3.74. The van der Waals surface area contributed by atoms with E-state index in [0.29, 0.717) is 12.5 Å². The number of nitrogens with zero attached hydrogens (tertiary/aromatic N) is 2. The lowest BCUT2D eigenvalue weighted by atomic mass is 9.76. The first kappa shape index (κ1) is 13.1. The van der Waals surface area contributed by atoms with Gasteiger partial charge in [-0.15, -0.1) is 0 Å². The largest absolute Gasteiger partial charge is 0.393 e. The summed E-state index contributed by atoms with van der Waals surface area (Å²) in [4.78, 5) is 16.0. The van der Waals surface area contributed by atoms with Gasteiger partial charge >= 0.3 is 0 Å². The highest BCUT2D eigenvalue weighted by Gasteiger charge is 2.33. The number of hydrogen-bond acceptors (Lipinski definition) is 3. The Morgan fingerprint density at radius 3 is 2.89 bits per heavy atom. The highest BCUT2D eigenvalue weighted by atomic mass is 16.3. The van der Waals surface area contributed by atoms with E-state index in [0.717, 1.165) is 25.1 Å². The van der Waals surface area contributed by atoms with Gasteiger partial charge in [0.25, 0.3) is 0 Å². The van der Waals surface area contributed by atoms with Crippen LogP contribution in [0.15, 0.2) is 12.4 Å². The summed E-state index contributed by atoms with van der Waals surface area (Å²) in [6.45, 7) is 4.27. The van der Waals surface area contributed by atoms with Crippen molar-refractivity contribution in [3.63, 3.8) is 0 Å². The van der Waals surface area contributed by atoms with E-state index in [1.807, 2.05) is 17.7 Å². The number of carbonyl (C=O) groups is 1. The van der Waals surface area contributed by atoms with E-state index in [1.54, 1.807) is 6.20 Å². The molecule has 0 bridgehead atoms. The topological polar surface area (TPSA) is 67.2 Å². The number of rotatable bonds is 5. The van der Waals surface area contributed by atoms with Gasteiger partial charge in [-0.25, -0.2) is 4.98 Å². The summed E-state index contributed by atoms with van der Waals surface area (Å²) in [5, 5.41) is 12.4. The van der Waals surface area contributed by atoms with Crippen molar-refractivity contribution in [2.24, 2.45) is 5.92 Å². The maximum Gasteiger partial charge on any atom is 0.240 e. The van der Waals surface area contributed by atoms with Crippen molar-refractivity contribution in [3.05, 3.63) is 18.2 Å². The van der Waals surface area contributed by atoms with Gasteiger partial charge in [-0.05, 0) is 32.1 Å². The molecule has 1 heterocycles. The first-order valence-electron chi connectivity index (χ1n) is 6.55. The number of nitrogens with one attached hydrogen (secondary N) is 1. The quantitative estimate of drug-likeness (QED) is 0.815. The molecule has 0 unspecified atom stereocenters. The summed E-state index contributed by atoms with van der Waals surface area (Å²) < 4.78 is 1.83. The van der Waals surface area contributed by atoms with Crippen LogP contribution in [-0.4, -0.2) is 32.7 Å². The summed E-state index contributed by atoms with van der Waals surface area (Å²) in [7, 11) is 0. The molecule has 1 amide bonds. The van der Waals surface area contributed by atoms with E-state index >= 15 is 0 Å². The van der Waals surface area contributed by atoms with Gasteiger partial charge < -0.3 is 15.0 Å². The van der Waals surface area contributed by atoms with E-state index < -0.39 is 0 Å². The second-order valence-electron chi connectivity index (χ2n) is 5.07. The van der Waals surface area contributed by atoms with Crippen molar-refractivity contribution >= 4 is 5.91 Å². The predicted octanol–water partition coefficient (Wildman–Crippen LogP) is 0.857. The number of aliphatic hydroxyl groups excluding tert-OH is 1. The Balaban J connectivity index is 1.84. The highest BCUT2D eigenvalue weighted by molar-refractivity contribution is 5.76. The minimum absolute atomic E-state index is 0.0179. The molecule has 0 aromatic carbocycles. The average molecular weight is 251 g/mol. The lowest BCUT2D eigenvalue weighted by molar-refractivity contribution is -0.123. The van der Waals surface area contributed by atoms with E-state index in [1.165, 1.54) is 0 Å². The molecule has 2 N–H and O–H groups in total. The zero-order valence-corrected chi connectivity index (χ0v) is 11.0. The van der Waals surface area contributed by atoms with Crippen LogP contribution < -0.4 is 5.32 Å². The van der Waals surface area contributed by atoms with Gasteiger partial charge in [0.2, 0.25) is 5.91 Å². The maximum atomic E-state index is 11.9. The lowest BCUT2D eigenvalue weighted by Crippen LogP contribution is -2.47. The molecule has 1 aromatic heterocycles. The molecule has 2 rings (SSSR count). The molecule has 1 fully saturated rings. The minimum Gasteiger partial charge on any atom is -0.393 e. The molecule has 0 aliphatic heterocycles. The first-order chi connectivity index (χ1) is 8.60. The van der Waals surface area contributed by atoms with E-state index in [-0.39, 0.29) is 18.1 Å². The molecule has 18 heavy (non-hydrogen) atoms. The van der Waals surface area contributed by atoms with Gasteiger partial charge in [0.15, 0.2) is 0 Å². The zero-order chi connectivity index (χ0) is 13.1. The summed E-state index contributed by atoms with van der Waals surface area (Å²) in [5.41, 5.74) is 0.